The lowest BCUT2D eigenvalue weighted by Crippen LogP contribution is -2.38. The first-order valence-electron chi connectivity index (χ1n) is 7.65. The Balaban J connectivity index is 2.04. The highest BCUT2D eigenvalue weighted by molar-refractivity contribution is 9.09. The third-order valence-corrected chi connectivity index (χ3v) is 6.59. The van der Waals surface area contributed by atoms with Crippen LogP contribution in [-0.4, -0.2) is 5.33 Å². The molecule has 100 valence electrons. The van der Waals surface area contributed by atoms with Crippen LogP contribution >= 0.6 is 15.9 Å². The number of rotatable bonds is 4. The maximum absolute atomic E-state index is 3.58. The van der Waals surface area contributed by atoms with E-state index < -0.39 is 0 Å². The molecule has 0 N–H and O–H groups in total. The fraction of sp³-hybridized carbons (Fsp3) is 1.00. The summed E-state index contributed by atoms with van der Waals surface area (Å²) >= 11 is 3.58. The molecule has 0 aromatic rings. The topological polar surface area (TPSA) is 0 Å². The molecule has 0 nitrogen and oxygen atoms in total. The van der Waals surface area contributed by atoms with Crippen molar-refractivity contribution in [3.8, 4) is 0 Å². The zero-order valence-electron chi connectivity index (χ0n) is 11.8. The summed E-state index contributed by atoms with van der Waals surface area (Å²) < 4.78 is 0. The predicted octanol–water partition coefficient (Wildman–Crippen LogP) is 5.65. The Labute approximate surface area is 116 Å². The van der Waals surface area contributed by atoms with Gasteiger partial charge in [-0.1, -0.05) is 49.5 Å². The smallest absolute Gasteiger partial charge is 0.00314 e. The van der Waals surface area contributed by atoms with E-state index in [-0.39, 0.29) is 0 Å². The molecule has 0 amide bonds. The highest BCUT2D eigenvalue weighted by Gasteiger charge is 2.50. The summed E-state index contributed by atoms with van der Waals surface area (Å²) in [6, 6.07) is 0. The summed E-state index contributed by atoms with van der Waals surface area (Å²) in [5.74, 6) is 3.97. The van der Waals surface area contributed by atoms with E-state index in [0.29, 0.717) is 5.41 Å². The van der Waals surface area contributed by atoms with Gasteiger partial charge >= 0.3 is 0 Å². The molecule has 0 saturated heterocycles. The monoisotopic (exact) mass is 300 g/mol. The van der Waals surface area contributed by atoms with Crippen LogP contribution in [-0.2, 0) is 0 Å². The van der Waals surface area contributed by atoms with Crippen molar-refractivity contribution in [1.82, 2.24) is 0 Å². The number of halogens is 1. The lowest BCUT2D eigenvalue weighted by molar-refractivity contribution is 0.0351. The van der Waals surface area contributed by atoms with E-state index in [1.807, 2.05) is 0 Å². The fourth-order valence-electron chi connectivity index (χ4n) is 5.14. The van der Waals surface area contributed by atoms with E-state index in [0.717, 1.165) is 23.7 Å². The van der Waals surface area contributed by atoms with Crippen molar-refractivity contribution in [3.63, 3.8) is 0 Å². The number of alkyl halides is 1. The highest BCUT2D eigenvalue weighted by atomic mass is 79.9. The molecule has 0 aromatic heterocycles. The van der Waals surface area contributed by atoms with Gasteiger partial charge in [-0.2, -0.15) is 0 Å². The Kier molecular flexibility index (Phi) is 4.61. The van der Waals surface area contributed by atoms with Gasteiger partial charge in [0.15, 0.2) is 0 Å². The summed E-state index contributed by atoms with van der Waals surface area (Å²) in [4.78, 5) is 0. The van der Waals surface area contributed by atoms with E-state index >= 15 is 0 Å². The van der Waals surface area contributed by atoms with E-state index in [2.05, 4.69) is 36.7 Å². The lowest BCUT2D eigenvalue weighted by atomic mass is 9.59. The highest BCUT2D eigenvalue weighted by Crippen LogP contribution is 2.59. The molecule has 0 bridgehead atoms. The Morgan fingerprint density at radius 2 is 2.06 bits per heavy atom. The first-order valence-corrected chi connectivity index (χ1v) is 8.77. The maximum atomic E-state index is 3.58. The molecular formula is C16H29Br. The van der Waals surface area contributed by atoms with Gasteiger partial charge < -0.3 is 0 Å². The van der Waals surface area contributed by atoms with Crippen molar-refractivity contribution in [2.24, 2.45) is 29.1 Å². The van der Waals surface area contributed by atoms with Crippen LogP contribution in [0, 0.1) is 29.1 Å². The van der Waals surface area contributed by atoms with Gasteiger partial charge in [0.05, 0.1) is 0 Å². The number of fused-ring (bicyclic) bond motifs is 1. The van der Waals surface area contributed by atoms with Crippen LogP contribution in [0.1, 0.15) is 65.7 Å². The summed E-state index contributed by atoms with van der Waals surface area (Å²) in [7, 11) is 0. The molecule has 2 aliphatic carbocycles. The van der Waals surface area contributed by atoms with Crippen molar-refractivity contribution >= 4 is 15.9 Å². The molecule has 2 rings (SSSR count). The van der Waals surface area contributed by atoms with Crippen LogP contribution in [0.3, 0.4) is 0 Å². The van der Waals surface area contributed by atoms with Crippen LogP contribution in [0.5, 0.6) is 0 Å². The zero-order chi connectivity index (χ0) is 12.5. The third kappa shape index (κ3) is 2.60. The van der Waals surface area contributed by atoms with Crippen molar-refractivity contribution in [1.29, 1.82) is 0 Å². The number of hydrogen-bond donors (Lipinski definition) is 0. The molecule has 0 heterocycles. The molecule has 0 spiro atoms. The fourth-order valence-corrected chi connectivity index (χ4v) is 5.46. The Hall–Kier alpha value is 0.480. The Morgan fingerprint density at radius 1 is 1.29 bits per heavy atom. The SMILES string of the molecule is CC(CCCBr)[C@H]1CCC2[C@@H](C)CCC[C@@]21C. The summed E-state index contributed by atoms with van der Waals surface area (Å²) in [6.07, 6.45) is 10.3. The van der Waals surface area contributed by atoms with Gasteiger partial charge in [-0.05, 0) is 61.2 Å². The molecule has 0 radical (unpaired) electrons. The first kappa shape index (κ1) is 13.9. The van der Waals surface area contributed by atoms with Crippen molar-refractivity contribution < 1.29 is 0 Å². The van der Waals surface area contributed by atoms with Crippen LogP contribution in [0.15, 0.2) is 0 Å². The first-order chi connectivity index (χ1) is 8.09. The van der Waals surface area contributed by atoms with Gasteiger partial charge in [0.2, 0.25) is 0 Å². The Morgan fingerprint density at radius 3 is 2.76 bits per heavy atom. The van der Waals surface area contributed by atoms with Crippen molar-refractivity contribution in [2.45, 2.75) is 65.7 Å². The van der Waals surface area contributed by atoms with Gasteiger partial charge in [-0.15, -0.1) is 0 Å². The van der Waals surface area contributed by atoms with E-state index in [1.165, 1.54) is 50.3 Å². The van der Waals surface area contributed by atoms with E-state index in [9.17, 15) is 0 Å². The second kappa shape index (κ2) is 5.63. The van der Waals surface area contributed by atoms with E-state index in [1.54, 1.807) is 0 Å². The van der Waals surface area contributed by atoms with Crippen LogP contribution in [0.25, 0.3) is 0 Å². The summed E-state index contributed by atoms with van der Waals surface area (Å²) in [5, 5.41) is 1.18. The molecule has 1 heteroatoms. The minimum atomic E-state index is 0.684. The minimum absolute atomic E-state index is 0.684. The zero-order valence-corrected chi connectivity index (χ0v) is 13.4. The average Bonchev–Trinajstić information content (AvgIpc) is 2.64. The minimum Gasteiger partial charge on any atom is -0.0928 e. The second-order valence-corrected chi connectivity index (χ2v) is 7.77. The second-order valence-electron chi connectivity index (χ2n) is 6.97. The molecule has 2 aliphatic rings. The van der Waals surface area contributed by atoms with E-state index in [4.69, 9.17) is 0 Å². The van der Waals surface area contributed by atoms with Gasteiger partial charge in [-0.3, -0.25) is 0 Å². The quantitative estimate of drug-likeness (QED) is 0.589. The van der Waals surface area contributed by atoms with Gasteiger partial charge in [-0.25, -0.2) is 0 Å². The van der Waals surface area contributed by atoms with Gasteiger partial charge in [0.25, 0.3) is 0 Å². The van der Waals surface area contributed by atoms with Crippen molar-refractivity contribution in [3.05, 3.63) is 0 Å². The summed E-state index contributed by atoms with van der Waals surface area (Å²) in [6.45, 7) is 7.64. The lowest BCUT2D eigenvalue weighted by Gasteiger charge is -2.46. The molecular weight excluding hydrogens is 272 g/mol. The van der Waals surface area contributed by atoms with Crippen LogP contribution in [0.2, 0.25) is 0 Å². The third-order valence-electron chi connectivity index (χ3n) is 6.02. The molecule has 2 saturated carbocycles. The normalized spacial score (nSPS) is 43.4. The number of hydrogen-bond acceptors (Lipinski definition) is 0. The van der Waals surface area contributed by atoms with Gasteiger partial charge in [0.1, 0.15) is 0 Å². The molecule has 0 aromatic carbocycles. The summed E-state index contributed by atoms with van der Waals surface area (Å²) in [5.41, 5.74) is 0.684. The maximum Gasteiger partial charge on any atom is 0.00314 e. The average molecular weight is 301 g/mol. The van der Waals surface area contributed by atoms with Gasteiger partial charge in [0, 0.05) is 5.33 Å². The molecule has 2 fully saturated rings. The van der Waals surface area contributed by atoms with Crippen LogP contribution in [0.4, 0.5) is 0 Å². The standard InChI is InChI=1S/C16H29Br/c1-12-6-4-10-16(3)14(12)8-9-15(16)13(2)7-5-11-17/h12-15H,4-11H2,1-3H3/t12-,13?,14?,15+,16-/m0/s1. The molecule has 5 atom stereocenters. The predicted molar refractivity (Wildman–Crippen MR) is 79.5 cm³/mol. The van der Waals surface area contributed by atoms with Crippen molar-refractivity contribution in [2.75, 3.05) is 5.33 Å². The van der Waals surface area contributed by atoms with Crippen LogP contribution < -0.4 is 0 Å². The largest absolute Gasteiger partial charge is 0.0928 e. The molecule has 0 aliphatic heterocycles. The molecule has 2 unspecified atom stereocenters. The molecule has 17 heavy (non-hydrogen) atoms. The Bertz CT molecular complexity index is 250.